The maximum atomic E-state index is 13.1. The third-order valence-electron chi connectivity index (χ3n) is 1.57. The number of amides is 1. The number of halogens is 2. The Hall–Kier alpha value is -0.940. The minimum absolute atomic E-state index is 0.165. The van der Waals surface area contributed by atoms with E-state index in [4.69, 9.17) is 5.73 Å². The molecule has 0 atom stereocenters. The smallest absolute Gasteiger partial charge is 0.225 e. The third-order valence-corrected chi connectivity index (χ3v) is 2.07. The van der Waals surface area contributed by atoms with Crippen LogP contribution in [0.15, 0.2) is 22.7 Å². The predicted octanol–water partition coefficient (Wildman–Crippen LogP) is 1.88. The molecule has 14 heavy (non-hydrogen) atoms. The highest BCUT2D eigenvalue weighted by Gasteiger charge is 2.06. The van der Waals surface area contributed by atoms with Crippen LogP contribution in [-0.2, 0) is 4.79 Å². The molecular formula is C9H10BrFN2O. The lowest BCUT2D eigenvalue weighted by Crippen LogP contribution is -2.16. The van der Waals surface area contributed by atoms with Crippen LogP contribution in [0.1, 0.15) is 6.42 Å². The molecular weight excluding hydrogens is 251 g/mol. The summed E-state index contributed by atoms with van der Waals surface area (Å²) in [6.07, 6.45) is 0.186. The molecule has 0 aliphatic rings. The number of carbonyl (C=O) groups is 1. The van der Waals surface area contributed by atoms with E-state index in [1.54, 1.807) is 6.07 Å². The van der Waals surface area contributed by atoms with Crippen molar-refractivity contribution in [1.29, 1.82) is 0 Å². The Balaban J connectivity index is 2.75. The van der Waals surface area contributed by atoms with Gasteiger partial charge in [-0.05, 0) is 18.2 Å². The minimum Gasteiger partial charge on any atom is -0.330 e. The molecule has 0 aliphatic heterocycles. The molecule has 1 aromatic carbocycles. The summed E-state index contributed by atoms with van der Waals surface area (Å²) < 4.78 is 13.8. The first-order valence-electron chi connectivity index (χ1n) is 4.08. The minimum atomic E-state index is -0.460. The van der Waals surface area contributed by atoms with E-state index in [-0.39, 0.29) is 24.6 Å². The summed E-state index contributed by atoms with van der Waals surface area (Å²) in [5.74, 6) is -0.747. The molecule has 1 amide bonds. The van der Waals surface area contributed by atoms with E-state index in [9.17, 15) is 9.18 Å². The standard InChI is InChI=1S/C9H10BrFN2O/c10-6-1-2-7(11)8(5-6)13-9(14)3-4-12/h1-2,5H,3-4,12H2,(H,13,14). The number of carbonyl (C=O) groups excluding carboxylic acids is 1. The van der Waals surface area contributed by atoms with Crippen LogP contribution in [0.3, 0.4) is 0 Å². The highest BCUT2D eigenvalue weighted by atomic mass is 79.9. The molecule has 76 valence electrons. The number of anilines is 1. The molecule has 5 heteroatoms. The Morgan fingerprint density at radius 2 is 2.29 bits per heavy atom. The summed E-state index contributed by atoms with van der Waals surface area (Å²) in [5.41, 5.74) is 5.35. The van der Waals surface area contributed by atoms with Crippen LogP contribution in [0.25, 0.3) is 0 Å². The van der Waals surface area contributed by atoms with Gasteiger partial charge in [-0.25, -0.2) is 4.39 Å². The van der Waals surface area contributed by atoms with Crippen LogP contribution in [0, 0.1) is 5.82 Å². The molecule has 0 aromatic heterocycles. The molecule has 1 rings (SSSR count). The molecule has 0 radical (unpaired) electrons. The van der Waals surface area contributed by atoms with Crippen molar-refractivity contribution in [1.82, 2.24) is 0 Å². The number of hydrogen-bond donors (Lipinski definition) is 2. The van der Waals surface area contributed by atoms with E-state index in [1.165, 1.54) is 12.1 Å². The van der Waals surface area contributed by atoms with Crippen LogP contribution in [0.4, 0.5) is 10.1 Å². The lowest BCUT2D eigenvalue weighted by atomic mass is 10.3. The van der Waals surface area contributed by atoms with E-state index in [0.717, 1.165) is 0 Å². The number of rotatable bonds is 3. The van der Waals surface area contributed by atoms with Gasteiger partial charge in [0, 0.05) is 17.4 Å². The maximum absolute atomic E-state index is 13.1. The lowest BCUT2D eigenvalue weighted by molar-refractivity contribution is -0.116. The second-order valence-electron chi connectivity index (χ2n) is 2.71. The highest BCUT2D eigenvalue weighted by molar-refractivity contribution is 9.10. The second kappa shape index (κ2) is 5.07. The van der Waals surface area contributed by atoms with E-state index >= 15 is 0 Å². The van der Waals surface area contributed by atoms with Gasteiger partial charge >= 0.3 is 0 Å². The van der Waals surface area contributed by atoms with Gasteiger partial charge in [-0.3, -0.25) is 4.79 Å². The summed E-state index contributed by atoms with van der Waals surface area (Å²) in [6, 6.07) is 4.35. The SMILES string of the molecule is NCCC(=O)Nc1cc(Br)ccc1F. The molecule has 0 bridgehead atoms. The number of hydrogen-bond acceptors (Lipinski definition) is 2. The summed E-state index contributed by atoms with van der Waals surface area (Å²) in [7, 11) is 0. The zero-order valence-corrected chi connectivity index (χ0v) is 8.97. The van der Waals surface area contributed by atoms with E-state index in [0.29, 0.717) is 4.47 Å². The molecule has 0 heterocycles. The average molecular weight is 261 g/mol. The first-order valence-corrected chi connectivity index (χ1v) is 4.87. The molecule has 3 N–H and O–H groups in total. The largest absolute Gasteiger partial charge is 0.330 e. The Kier molecular flexibility index (Phi) is 4.03. The molecule has 0 saturated heterocycles. The maximum Gasteiger partial charge on any atom is 0.225 e. The monoisotopic (exact) mass is 260 g/mol. The van der Waals surface area contributed by atoms with Crippen molar-refractivity contribution in [2.45, 2.75) is 6.42 Å². The van der Waals surface area contributed by atoms with E-state index in [2.05, 4.69) is 21.2 Å². The van der Waals surface area contributed by atoms with Gasteiger partial charge in [0.05, 0.1) is 5.69 Å². The average Bonchev–Trinajstić information content (AvgIpc) is 2.12. The van der Waals surface area contributed by atoms with Gasteiger partial charge in [-0.15, -0.1) is 0 Å². The van der Waals surface area contributed by atoms with Crippen LogP contribution in [0.5, 0.6) is 0 Å². The van der Waals surface area contributed by atoms with Crippen LogP contribution in [0.2, 0.25) is 0 Å². The fraction of sp³-hybridized carbons (Fsp3) is 0.222. The predicted molar refractivity (Wildman–Crippen MR) is 56.4 cm³/mol. The number of nitrogens with one attached hydrogen (secondary N) is 1. The van der Waals surface area contributed by atoms with E-state index in [1.807, 2.05) is 0 Å². The van der Waals surface area contributed by atoms with E-state index < -0.39 is 5.82 Å². The summed E-state index contributed by atoms with van der Waals surface area (Å²) in [4.78, 5) is 11.1. The van der Waals surface area contributed by atoms with Crippen molar-refractivity contribution < 1.29 is 9.18 Å². The van der Waals surface area contributed by atoms with Gasteiger partial charge in [0.2, 0.25) is 5.91 Å². The third kappa shape index (κ3) is 3.08. The Morgan fingerprint density at radius 1 is 1.57 bits per heavy atom. The van der Waals surface area contributed by atoms with Crippen molar-refractivity contribution in [3.8, 4) is 0 Å². The van der Waals surface area contributed by atoms with Gasteiger partial charge in [0.25, 0.3) is 0 Å². The second-order valence-corrected chi connectivity index (χ2v) is 3.63. The Morgan fingerprint density at radius 3 is 2.93 bits per heavy atom. The van der Waals surface area contributed by atoms with Crippen molar-refractivity contribution >= 4 is 27.5 Å². The molecule has 0 fully saturated rings. The van der Waals surface area contributed by atoms with Crippen LogP contribution in [-0.4, -0.2) is 12.5 Å². The van der Waals surface area contributed by atoms with Crippen molar-refractivity contribution in [3.05, 3.63) is 28.5 Å². The quantitative estimate of drug-likeness (QED) is 0.872. The molecule has 0 aliphatic carbocycles. The molecule has 0 spiro atoms. The van der Waals surface area contributed by atoms with Gasteiger partial charge in [-0.1, -0.05) is 15.9 Å². The fourth-order valence-corrected chi connectivity index (χ4v) is 1.30. The van der Waals surface area contributed by atoms with Crippen LogP contribution < -0.4 is 11.1 Å². The van der Waals surface area contributed by atoms with Gasteiger partial charge in [0.1, 0.15) is 5.82 Å². The lowest BCUT2D eigenvalue weighted by Gasteiger charge is -2.05. The number of nitrogens with two attached hydrogens (primary N) is 1. The van der Waals surface area contributed by atoms with Gasteiger partial charge in [-0.2, -0.15) is 0 Å². The summed E-state index contributed by atoms with van der Waals surface area (Å²) in [5, 5.41) is 2.43. The Labute approximate surface area is 89.6 Å². The van der Waals surface area contributed by atoms with Crippen molar-refractivity contribution in [2.24, 2.45) is 5.73 Å². The topological polar surface area (TPSA) is 55.1 Å². The number of benzene rings is 1. The van der Waals surface area contributed by atoms with Crippen molar-refractivity contribution in [3.63, 3.8) is 0 Å². The zero-order chi connectivity index (χ0) is 10.6. The molecule has 1 aromatic rings. The first-order chi connectivity index (χ1) is 6.63. The summed E-state index contributed by atoms with van der Waals surface area (Å²) in [6.45, 7) is 0.251. The molecule has 0 unspecified atom stereocenters. The summed E-state index contributed by atoms with van der Waals surface area (Å²) >= 11 is 3.18. The van der Waals surface area contributed by atoms with Gasteiger partial charge < -0.3 is 11.1 Å². The zero-order valence-electron chi connectivity index (χ0n) is 7.39. The fourth-order valence-electron chi connectivity index (χ4n) is 0.937. The molecule has 0 saturated carbocycles. The van der Waals surface area contributed by atoms with Crippen LogP contribution >= 0.6 is 15.9 Å². The normalized spacial score (nSPS) is 9.93. The van der Waals surface area contributed by atoms with Gasteiger partial charge in [0.15, 0.2) is 0 Å². The Bertz CT molecular complexity index is 344. The highest BCUT2D eigenvalue weighted by Crippen LogP contribution is 2.19. The van der Waals surface area contributed by atoms with Crippen molar-refractivity contribution in [2.75, 3.05) is 11.9 Å². The first kappa shape index (κ1) is 11.1. The molecule has 3 nitrogen and oxygen atoms in total.